The fourth-order valence-corrected chi connectivity index (χ4v) is 2.44. The number of aromatic nitrogens is 4. The second-order valence-corrected chi connectivity index (χ2v) is 5.19. The van der Waals surface area contributed by atoms with Crippen molar-refractivity contribution >= 4 is 17.4 Å². The third-order valence-electron chi connectivity index (χ3n) is 3.62. The first kappa shape index (κ1) is 14.1. The molecule has 1 aromatic carbocycles. The average Bonchev–Trinajstić information content (AvgIpc) is 3.06. The monoisotopic (exact) mass is 315 g/mol. The van der Waals surface area contributed by atoms with Gasteiger partial charge in [-0.3, -0.25) is 9.78 Å². The molecular weight excluding hydrogens is 302 g/mol. The largest absolute Gasteiger partial charge is 0.305 e. The molecule has 4 aromatic rings. The van der Waals surface area contributed by atoms with Crippen molar-refractivity contribution in [1.82, 2.24) is 19.6 Å². The average molecular weight is 315 g/mol. The number of hydrogen-bond donors (Lipinski definition) is 1. The molecule has 3 aromatic heterocycles. The second-order valence-electron chi connectivity index (χ2n) is 5.19. The van der Waals surface area contributed by atoms with Crippen LogP contribution < -0.4 is 5.32 Å². The highest BCUT2D eigenvalue weighted by Crippen LogP contribution is 2.20. The van der Waals surface area contributed by atoms with Crippen LogP contribution in [0.5, 0.6) is 0 Å². The van der Waals surface area contributed by atoms with Crippen LogP contribution in [0.1, 0.15) is 10.4 Å². The number of carbonyl (C=O) groups is 1. The Morgan fingerprint density at radius 1 is 0.958 bits per heavy atom. The second kappa shape index (κ2) is 5.92. The predicted molar refractivity (Wildman–Crippen MR) is 90.6 cm³/mol. The summed E-state index contributed by atoms with van der Waals surface area (Å²) in [6.07, 6.45) is 5.19. The van der Waals surface area contributed by atoms with Crippen molar-refractivity contribution in [3.8, 4) is 11.3 Å². The molecule has 0 atom stereocenters. The van der Waals surface area contributed by atoms with Crippen LogP contribution in [-0.4, -0.2) is 25.5 Å². The van der Waals surface area contributed by atoms with E-state index < -0.39 is 0 Å². The van der Waals surface area contributed by atoms with Gasteiger partial charge in [-0.1, -0.05) is 18.2 Å². The lowest BCUT2D eigenvalue weighted by atomic mass is 10.2. The SMILES string of the molecule is O=C(Nc1ccc2ncc(-c3ccncc3)n2n1)c1ccccc1. The van der Waals surface area contributed by atoms with E-state index >= 15 is 0 Å². The van der Waals surface area contributed by atoms with Gasteiger partial charge in [0.2, 0.25) is 0 Å². The molecule has 1 amide bonds. The van der Waals surface area contributed by atoms with Crippen LogP contribution >= 0.6 is 0 Å². The van der Waals surface area contributed by atoms with E-state index in [9.17, 15) is 4.79 Å². The van der Waals surface area contributed by atoms with Gasteiger partial charge in [-0.15, -0.1) is 5.10 Å². The first-order valence-electron chi connectivity index (χ1n) is 7.43. The Balaban J connectivity index is 1.69. The van der Waals surface area contributed by atoms with Crippen LogP contribution in [0, 0.1) is 0 Å². The Bertz CT molecular complexity index is 996. The lowest BCUT2D eigenvalue weighted by Gasteiger charge is -2.06. The summed E-state index contributed by atoms with van der Waals surface area (Å²) in [6, 6.07) is 16.4. The van der Waals surface area contributed by atoms with E-state index in [4.69, 9.17) is 0 Å². The maximum absolute atomic E-state index is 12.3. The lowest BCUT2D eigenvalue weighted by Crippen LogP contribution is -2.13. The van der Waals surface area contributed by atoms with Crippen molar-refractivity contribution in [3.05, 3.63) is 78.8 Å². The Kier molecular flexibility index (Phi) is 3.47. The number of fused-ring (bicyclic) bond motifs is 1. The number of pyridine rings is 1. The summed E-state index contributed by atoms with van der Waals surface area (Å²) >= 11 is 0. The Morgan fingerprint density at radius 3 is 2.54 bits per heavy atom. The van der Waals surface area contributed by atoms with Crippen molar-refractivity contribution < 1.29 is 4.79 Å². The van der Waals surface area contributed by atoms with Crippen LogP contribution in [0.4, 0.5) is 5.82 Å². The standard InChI is InChI=1S/C18H13N5O/c24-18(14-4-2-1-3-5-14)21-16-6-7-17-20-12-15(23(17)22-16)13-8-10-19-11-9-13/h1-12H,(H,21,22,24). The number of anilines is 1. The summed E-state index contributed by atoms with van der Waals surface area (Å²) in [4.78, 5) is 20.6. The van der Waals surface area contributed by atoms with Crippen LogP contribution in [0.3, 0.4) is 0 Å². The number of rotatable bonds is 3. The minimum absolute atomic E-state index is 0.201. The molecule has 1 N–H and O–H groups in total. The van der Waals surface area contributed by atoms with Gasteiger partial charge in [0.05, 0.1) is 11.9 Å². The minimum Gasteiger partial charge on any atom is -0.305 e. The molecule has 0 radical (unpaired) electrons. The summed E-state index contributed by atoms with van der Waals surface area (Å²) in [6.45, 7) is 0. The third kappa shape index (κ3) is 2.61. The lowest BCUT2D eigenvalue weighted by molar-refractivity contribution is 0.102. The number of hydrogen-bond acceptors (Lipinski definition) is 4. The normalized spacial score (nSPS) is 10.7. The van der Waals surface area contributed by atoms with Crippen LogP contribution in [0.25, 0.3) is 16.9 Å². The van der Waals surface area contributed by atoms with Gasteiger partial charge in [0, 0.05) is 23.5 Å². The van der Waals surface area contributed by atoms with Crippen molar-refractivity contribution in [2.24, 2.45) is 0 Å². The van der Waals surface area contributed by atoms with E-state index in [1.807, 2.05) is 36.4 Å². The summed E-state index contributed by atoms with van der Waals surface area (Å²) < 4.78 is 1.70. The molecular formula is C18H13N5O. The molecule has 0 saturated heterocycles. The summed E-state index contributed by atoms with van der Waals surface area (Å²) in [5.74, 6) is 0.262. The van der Waals surface area contributed by atoms with Gasteiger partial charge in [0.15, 0.2) is 11.5 Å². The molecule has 24 heavy (non-hydrogen) atoms. The predicted octanol–water partition coefficient (Wildman–Crippen LogP) is 3.04. The fourth-order valence-electron chi connectivity index (χ4n) is 2.44. The number of carbonyl (C=O) groups excluding carboxylic acids is 1. The molecule has 0 saturated carbocycles. The topological polar surface area (TPSA) is 72.2 Å². The number of amides is 1. The van der Waals surface area contributed by atoms with Gasteiger partial charge >= 0.3 is 0 Å². The van der Waals surface area contributed by atoms with E-state index in [0.29, 0.717) is 17.0 Å². The van der Waals surface area contributed by atoms with Crippen molar-refractivity contribution in [1.29, 1.82) is 0 Å². The maximum atomic E-state index is 12.3. The Hall–Kier alpha value is -3.54. The molecule has 0 aliphatic rings. The van der Waals surface area contributed by atoms with Crippen LogP contribution in [0.2, 0.25) is 0 Å². The summed E-state index contributed by atoms with van der Waals surface area (Å²) in [7, 11) is 0. The van der Waals surface area contributed by atoms with Crippen LogP contribution in [-0.2, 0) is 0 Å². The van der Waals surface area contributed by atoms with E-state index in [0.717, 1.165) is 11.3 Å². The number of benzene rings is 1. The van der Waals surface area contributed by atoms with Gasteiger partial charge in [-0.05, 0) is 36.4 Å². The Labute approximate surface area is 137 Å². The quantitative estimate of drug-likeness (QED) is 0.631. The number of nitrogens with one attached hydrogen (secondary N) is 1. The van der Waals surface area contributed by atoms with Crippen LogP contribution in [0.15, 0.2) is 73.2 Å². The van der Waals surface area contributed by atoms with Gasteiger partial charge in [0.1, 0.15) is 0 Å². The van der Waals surface area contributed by atoms with E-state index in [-0.39, 0.29) is 5.91 Å². The molecule has 0 bridgehead atoms. The molecule has 3 heterocycles. The van der Waals surface area contributed by atoms with E-state index in [1.165, 1.54) is 0 Å². The fraction of sp³-hybridized carbons (Fsp3) is 0. The molecule has 4 rings (SSSR count). The van der Waals surface area contributed by atoms with Crippen molar-refractivity contribution in [2.45, 2.75) is 0 Å². The van der Waals surface area contributed by atoms with E-state index in [1.54, 1.807) is 41.3 Å². The minimum atomic E-state index is -0.201. The summed E-state index contributed by atoms with van der Waals surface area (Å²) in [5.41, 5.74) is 3.08. The highest BCUT2D eigenvalue weighted by Gasteiger charge is 2.10. The number of imidazole rings is 1. The van der Waals surface area contributed by atoms with E-state index in [2.05, 4.69) is 20.4 Å². The third-order valence-corrected chi connectivity index (χ3v) is 3.62. The zero-order chi connectivity index (χ0) is 16.4. The molecule has 0 aliphatic carbocycles. The highest BCUT2D eigenvalue weighted by molar-refractivity contribution is 6.03. The zero-order valence-corrected chi connectivity index (χ0v) is 12.6. The molecule has 0 aliphatic heterocycles. The van der Waals surface area contributed by atoms with Gasteiger partial charge < -0.3 is 5.32 Å². The zero-order valence-electron chi connectivity index (χ0n) is 12.6. The van der Waals surface area contributed by atoms with Gasteiger partial charge in [0.25, 0.3) is 5.91 Å². The number of nitrogens with zero attached hydrogens (tertiary/aromatic N) is 4. The summed E-state index contributed by atoms with van der Waals surface area (Å²) in [5, 5.41) is 7.29. The maximum Gasteiger partial charge on any atom is 0.256 e. The molecule has 0 unspecified atom stereocenters. The smallest absolute Gasteiger partial charge is 0.256 e. The van der Waals surface area contributed by atoms with Gasteiger partial charge in [-0.25, -0.2) is 9.50 Å². The molecule has 0 spiro atoms. The molecule has 6 nitrogen and oxygen atoms in total. The molecule has 0 fully saturated rings. The first-order valence-corrected chi connectivity index (χ1v) is 7.43. The van der Waals surface area contributed by atoms with Crippen molar-refractivity contribution in [2.75, 3.05) is 5.32 Å². The van der Waals surface area contributed by atoms with Gasteiger partial charge in [-0.2, -0.15) is 0 Å². The van der Waals surface area contributed by atoms with Crippen molar-refractivity contribution in [3.63, 3.8) is 0 Å². The first-order chi connectivity index (χ1) is 11.8. The Morgan fingerprint density at radius 2 is 1.75 bits per heavy atom. The molecule has 6 heteroatoms. The molecule has 116 valence electrons. The highest BCUT2D eigenvalue weighted by atomic mass is 16.1.